The van der Waals surface area contributed by atoms with Gasteiger partial charge in [0.1, 0.15) is 9.71 Å². The monoisotopic (exact) mass is 416 g/mol. The van der Waals surface area contributed by atoms with Crippen molar-refractivity contribution in [3.8, 4) is 0 Å². The van der Waals surface area contributed by atoms with Gasteiger partial charge in [-0.2, -0.15) is 0 Å². The highest BCUT2D eigenvalue weighted by Crippen LogP contribution is 2.28. The van der Waals surface area contributed by atoms with Crippen LogP contribution in [-0.4, -0.2) is 35.4 Å². The molecule has 0 N–H and O–H groups in total. The van der Waals surface area contributed by atoms with E-state index in [0.29, 0.717) is 40.2 Å². The van der Waals surface area contributed by atoms with Crippen LogP contribution in [0.5, 0.6) is 0 Å². The van der Waals surface area contributed by atoms with E-state index in [1.165, 1.54) is 9.13 Å². The molecule has 154 valence electrons. The topological polar surface area (TPSA) is 79.5 Å². The Morgan fingerprint density at radius 1 is 1.10 bits per heavy atom. The Morgan fingerprint density at radius 3 is 2.48 bits per heavy atom. The SMILES string of the molecule is CCOC(=O)c1sc2c(c1C)c(=O)n(CCc1ccccc1)c(=O)n2CCOC. The van der Waals surface area contributed by atoms with Gasteiger partial charge < -0.3 is 9.47 Å². The Kier molecular flexibility index (Phi) is 6.66. The van der Waals surface area contributed by atoms with E-state index in [0.717, 1.165) is 16.9 Å². The van der Waals surface area contributed by atoms with Crippen LogP contribution in [0, 0.1) is 6.92 Å². The summed E-state index contributed by atoms with van der Waals surface area (Å²) in [5.74, 6) is -0.479. The summed E-state index contributed by atoms with van der Waals surface area (Å²) in [6, 6.07) is 9.69. The number of carbonyl (C=O) groups is 1. The first-order valence-corrected chi connectivity index (χ1v) is 10.3. The van der Waals surface area contributed by atoms with Crippen molar-refractivity contribution in [1.82, 2.24) is 9.13 Å². The molecule has 3 rings (SSSR count). The lowest BCUT2D eigenvalue weighted by atomic mass is 10.1. The number of ether oxygens (including phenoxy) is 2. The van der Waals surface area contributed by atoms with Crippen molar-refractivity contribution in [3.05, 3.63) is 67.2 Å². The molecule has 0 saturated heterocycles. The largest absolute Gasteiger partial charge is 0.462 e. The van der Waals surface area contributed by atoms with Gasteiger partial charge in [0.2, 0.25) is 0 Å². The van der Waals surface area contributed by atoms with Gasteiger partial charge in [-0.3, -0.25) is 13.9 Å². The van der Waals surface area contributed by atoms with E-state index in [9.17, 15) is 14.4 Å². The zero-order valence-corrected chi connectivity index (χ0v) is 17.6. The molecule has 29 heavy (non-hydrogen) atoms. The molecular formula is C21H24N2O5S. The number of benzene rings is 1. The van der Waals surface area contributed by atoms with Crippen molar-refractivity contribution in [2.75, 3.05) is 20.3 Å². The molecule has 0 radical (unpaired) electrons. The number of esters is 1. The molecule has 0 bridgehead atoms. The summed E-state index contributed by atoms with van der Waals surface area (Å²) < 4.78 is 13.0. The maximum Gasteiger partial charge on any atom is 0.348 e. The summed E-state index contributed by atoms with van der Waals surface area (Å²) in [6.45, 7) is 4.56. The van der Waals surface area contributed by atoms with Crippen molar-refractivity contribution >= 4 is 27.5 Å². The fourth-order valence-corrected chi connectivity index (χ4v) is 4.46. The number of hydrogen-bond acceptors (Lipinski definition) is 6. The maximum absolute atomic E-state index is 13.2. The van der Waals surface area contributed by atoms with E-state index in [2.05, 4.69) is 0 Å². The molecule has 0 unspecified atom stereocenters. The third kappa shape index (κ3) is 4.18. The number of methoxy groups -OCH3 is 1. The summed E-state index contributed by atoms with van der Waals surface area (Å²) >= 11 is 1.12. The minimum atomic E-state index is -0.479. The van der Waals surface area contributed by atoms with Gasteiger partial charge in [-0.1, -0.05) is 30.3 Å². The van der Waals surface area contributed by atoms with E-state index < -0.39 is 11.7 Å². The molecule has 8 heteroatoms. The van der Waals surface area contributed by atoms with Gasteiger partial charge >= 0.3 is 11.7 Å². The predicted molar refractivity (Wildman–Crippen MR) is 113 cm³/mol. The van der Waals surface area contributed by atoms with Crippen molar-refractivity contribution in [3.63, 3.8) is 0 Å². The highest BCUT2D eigenvalue weighted by molar-refractivity contribution is 7.20. The van der Waals surface area contributed by atoms with Gasteiger partial charge in [0, 0.05) is 13.7 Å². The van der Waals surface area contributed by atoms with Crippen LogP contribution in [0.25, 0.3) is 10.2 Å². The number of fused-ring (bicyclic) bond motifs is 1. The smallest absolute Gasteiger partial charge is 0.348 e. The zero-order valence-electron chi connectivity index (χ0n) is 16.8. The number of nitrogens with zero attached hydrogens (tertiary/aromatic N) is 2. The summed E-state index contributed by atoms with van der Waals surface area (Å²) in [6.07, 6.45) is 0.555. The second kappa shape index (κ2) is 9.19. The van der Waals surface area contributed by atoms with Crippen LogP contribution in [0.15, 0.2) is 39.9 Å². The second-order valence-corrected chi connectivity index (χ2v) is 7.58. The van der Waals surface area contributed by atoms with E-state index in [4.69, 9.17) is 9.47 Å². The number of thiophene rings is 1. The molecular weight excluding hydrogens is 392 g/mol. The van der Waals surface area contributed by atoms with Gasteiger partial charge in [0.15, 0.2) is 0 Å². The van der Waals surface area contributed by atoms with Gasteiger partial charge in [-0.15, -0.1) is 11.3 Å². The van der Waals surface area contributed by atoms with Gasteiger partial charge in [0.05, 0.1) is 25.1 Å². The van der Waals surface area contributed by atoms with Crippen molar-refractivity contribution in [2.45, 2.75) is 33.4 Å². The van der Waals surface area contributed by atoms with Crippen LogP contribution in [-0.2, 0) is 29.0 Å². The zero-order chi connectivity index (χ0) is 21.0. The Bertz CT molecular complexity index is 1130. The molecule has 0 fully saturated rings. The van der Waals surface area contributed by atoms with Crippen LogP contribution in [0.2, 0.25) is 0 Å². The standard InChI is InChI=1S/C21H24N2O5S/c1-4-28-20(25)17-14(2)16-18(24)22(11-10-15-8-6-5-7-9-15)21(26)23(12-13-27-3)19(16)29-17/h5-9H,4,10-13H2,1-3H3. The van der Waals surface area contributed by atoms with Gasteiger partial charge in [-0.25, -0.2) is 9.59 Å². The maximum atomic E-state index is 13.2. The lowest BCUT2D eigenvalue weighted by Gasteiger charge is -2.12. The summed E-state index contributed by atoms with van der Waals surface area (Å²) in [4.78, 5) is 39.4. The normalized spacial score (nSPS) is 11.1. The predicted octanol–water partition coefficient (Wildman–Crippen LogP) is 2.60. The average molecular weight is 416 g/mol. The molecule has 3 aromatic rings. The van der Waals surface area contributed by atoms with Crippen LogP contribution < -0.4 is 11.2 Å². The number of hydrogen-bond donors (Lipinski definition) is 0. The summed E-state index contributed by atoms with van der Waals surface area (Å²) in [5, 5.41) is 0.391. The minimum absolute atomic E-state index is 0.240. The van der Waals surface area contributed by atoms with E-state index >= 15 is 0 Å². The molecule has 0 atom stereocenters. The number of aryl methyl sites for hydroxylation is 2. The third-order valence-electron chi connectivity index (χ3n) is 4.74. The first-order chi connectivity index (χ1) is 14.0. The molecule has 0 spiro atoms. The molecule has 0 amide bonds. The Morgan fingerprint density at radius 2 is 1.83 bits per heavy atom. The quantitative estimate of drug-likeness (QED) is 0.528. The fourth-order valence-electron chi connectivity index (χ4n) is 3.25. The molecule has 0 saturated carbocycles. The molecule has 2 aromatic heterocycles. The van der Waals surface area contributed by atoms with Gasteiger partial charge in [-0.05, 0) is 31.4 Å². The lowest BCUT2D eigenvalue weighted by Crippen LogP contribution is -2.40. The molecule has 2 heterocycles. The van der Waals surface area contributed by atoms with Gasteiger partial charge in [0.25, 0.3) is 5.56 Å². The van der Waals surface area contributed by atoms with Crippen molar-refractivity contribution < 1.29 is 14.3 Å². The highest BCUT2D eigenvalue weighted by atomic mass is 32.1. The number of rotatable bonds is 8. The molecule has 1 aromatic carbocycles. The molecule has 0 aliphatic heterocycles. The highest BCUT2D eigenvalue weighted by Gasteiger charge is 2.23. The minimum Gasteiger partial charge on any atom is -0.462 e. The Labute approximate surface area is 172 Å². The summed E-state index contributed by atoms with van der Waals surface area (Å²) in [7, 11) is 1.55. The number of aromatic nitrogens is 2. The Hall–Kier alpha value is -2.71. The van der Waals surface area contributed by atoms with E-state index in [-0.39, 0.29) is 18.7 Å². The average Bonchev–Trinajstić information content (AvgIpc) is 3.06. The first kappa shape index (κ1) is 21.0. The van der Waals surface area contributed by atoms with Crippen molar-refractivity contribution in [1.29, 1.82) is 0 Å². The third-order valence-corrected chi connectivity index (χ3v) is 6.04. The van der Waals surface area contributed by atoms with E-state index in [1.54, 1.807) is 21.0 Å². The van der Waals surface area contributed by atoms with E-state index in [1.807, 2.05) is 30.3 Å². The van der Waals surface area contributed by atoms with Crippen LogP contribution in [0.1, 0.15) is 27.7 Å². The second-order valence-electron chi connectivity index (χ2n) is 6.58. The lowest BCUT2D eigenvalue weighted by molar-refractivity contribution is 0.0531. The van der Waals surface area contributed by atoms with Crippen LogP contribution >= 0.6 is 11.3 Å². The number of carbonyl (C=O) groups excluding carboxylic acids is 1. The van der Waals surface area contributed by atoms with Crippen molar-refractivity contribution in [2.24, 2.45) is 0 Å². The van der Waals surface area contributed by atoms with Crippen LogP contribution in [0.4, 0.5) is 0 Å². The molecule has 0 aliphatic rings. The Balaban J connectivity index is 2.16. The molecule has 7 nitrogen and oxygen atoms in total. The first-order valence-electron chi connectivity index (χ1n) is 9.46. The van der Waals surface area contributed by atoms with Crippen LogP contribution in [0.3, 0.4) is 0 Å². The molecule has 0 aliphatic carbocycles. The fraction of sp³-hybridized carbons (Fsp3) is 0.381. The summed E-state index contributed by atoms with van der Waals surface area (Å²) in [5.41, 5.74) is 0.815.